The van der Waals surface area contributed by atoms with Gasteiger partial charge in [0.2, 0.25) is 0 Å². The van der Waals surface area contributed by atoms with Crippen molar-refractivity contribution in [3.05, 3.63) is 0 Å². The molecule has 2 heteroatoms. The highest BCUT2D eigenvalue weighted by molar-refractivity contribution is 4.80. The molecule has 2 unspecified atom stereocenters. The average Bonchev–Trinajstić information content (AvgIpc) is 2.68. The van der Waals surface area contributed by atoms with Gasteiger partial charge in [-0.05, 0) is 31.1 Å². The second-order valence-electron chi connectivity index (χ2n) is 3.49. The van der Waals surface area contributed by atoms with E-state index >= 15 is 0 Å². The van der Waals surface area contributed by atoms with Gasteiger partial charge < -0.3 is 10.8 Å². The summed E-state index contributed by atoms with van der Waals surface area (Å²) in [6.07, 6.45) is 3.74. The van der Waals surface area contributed by atoms with Crippen LogP contribution in [0, 0.1) is 11.8 Å². The molecule has 0 amide bonds. The first kappa shape index (κ1) is 8.02. The maximum Gasteiger partial charge on any atom is 0.0582 e. The lowest BCUT2D eigenvalue weighted by Crippen LogP contribution is -2.27. The van der Waals surface area contributed by atoms with Gasteiger partial charge in [0.1, 0.15) is 0 Å². The molecule has 0 spiro atoms. The number of aliphatic hydroxyl groups excluding tert-OH is 1. The van der Waals surface area contributed by atoms with Crippen LogP contribution in [-0.4, -0.2) is 17.8 Å². The highest BCUT2D eigenvalue weighted by atomic mass is 16.3. The summed E-state index contributed by atoms with van der Waals surface area (Å²) in [5, 5.41) is 8.66. The van der Waals surface area contributed by atoms with Crippen molar-refractivity contribution in [2.75, 3.05) is 6.61 Å². The number of rotatable bonds is 4. The summed E-state index contributed by atoms with van der Waals surface area (Å²) in [5.41, 5.74) is 5.59. The molecule has 0 heterocycles. The molecule has 0 aromatic rings. The second-order valence-corrected chi connectivity index (χ2v) is 3.49. The molecule has 10 heavy (non-hydrogen) atoms. The van der Waals surface area contributed by atoms with Crippen LogP contribution in [0.1, 0.15) is 26.2 Å². The van der Waals surface area contributed by atoms with Gasteiger partial charge >= 0.3 is 0 Å². The van der Waals surface area contributed by atoms with Crippen molar-refractivity contribution in [1.82, 2.24) is 0 Å². The summed E-state index contributed by atoms with van der Waals surface area (Å²) in [6.45, 7) is 2.37. The summed E-state index contributed by atoms with van der Waals surface area (Å²) < 4.78 is 0. The van der Waals surface area contributed by atoms with Crippen molar-refractivity contribution in [2.45, 2.75) is 32.2 Å². The van der Waals surface area contributed by atoms with Crippen molar-refractivity contribution < 1.29 is 5.11 Å². The predicted octanol–water partition coefficient (Wildman–Crippen LogP) is 0.742. The molecule has 1 fully saturated rings. The minimum atomic E-state index is 0.00981. The van der Waals surface area contributed by atoms with E-state index in [4.69, 9.17) is 10.8 Å². The first-order valence-corrected chi connectivity index (χ1v) is 4.10. The molecule has 1 rings (SSSR count). The van der Waals surface area contributed by atoms with Crippen LogP contribution in [0.4, 0.5) is 0 Å². The Bertz CT molecular complexity index is 101. The van der Waals surface area contributed by atoms with Crippen molar-refractivity contribution in [2.24, 2.45) is 17.6 Å². The topological polar surface area (TPSA) is 46.2 Å². The molecule has 1 aliphatic rings. The highest BCUT2D eigenvalue weighted by Gasteiger charge is 2.28. The maximum absolute atomic E-state index is 8.66. The van der Waals surface area contributed by atoms with Gasteiger partial charge in [0, 0.05) is 6.04 Å². The van der Waals surface area contributed by atoms with Crippen LogP contribution in [0.15, 0.2) is 0 Å². The van der Waals surface area contributed by atoms with Crippen LogP contribution in [0.3, 0.4) is 0 Å². The van der Waals surface area contributed by atoms with Gasteiger partial charge in [-0.15, -0.1) is 0 Å². The van der Waals surface area contributed by atoms with Crippen molar-refractivity contribution >= 4 is 0 Å². The maximum atomic E-state index is 8.66. The molecule has 0 radical (unpaired) electrons. The lowest BCUT2D eigenvalue weighted by molar-refractivity contribution is 0.242. The number of aliphatic hydroxyl groups is 1. The van der Waals surface area contributed by atoms with Gasteiger partial charge in [-0.1, -0.05) is 6.92 Å². The molecule has 3 N–H and O–H groups in total. The lowest BCUT2D eigenvalue weighted by atomic mass is 9.98. The minimum absolute atomic E-state index is 0.00981. The third kappa shape index (κ3) is 2.27. The van der Waals surface area contributed by atoms with E-state index in [1.54, 1.807) is 0 Å². The molecule has 1 aliphatic carbocycles. The van der Waals surface area contributed by atoms with E-state index in [0.717, 1.165) is 18.3 Å². The van der Waals surface area contributed by atoms with Crippen LogP contribution in [0.25, 0.3) is 0 Å². The predicted molar refractivity (Wildman–Crippen MR) is 41.6 cm³/mol. The van der Waals surface area contributed by atoms with Gasteiger partial charge in [-0.25, -0.2) is 0 Å². The zero-order chi connectivity index (χ0) is 7.56. The monoisotopic (exact) mass is 143 g/mol. The summed E-state index contributed by atoms with van der Waals surface area (Å²) in [5.74, 6) is 1.64. The van der Waals surface area contributed by atoms with Crippen LogP contribution in [-0.2, 0) is 0 Å². The fourth-order valence-corrected chi connectivity index (χ4v) is 1.41. The van der Waals surface area contributed by atoms with Gasteiger partial charge in [-0.2, -0.15) is 0 Å². The normalized spacial score (nSPS) is 24.3. The number of nitrogens with two attached hydrogens (primary N) is 1. The van der Waals surface area contributed by atoms with Crippen LogP contribution in [0.5, 0.6) is 0 Å². The SMILES string of the molecule is CC(CC(N)CO)C1CC1. The summed E-state index contributed by atoms with van der Waals surface area (Å²) in [6, 6.07) is 0.00981. The zero-order valence-electron chi connectivity index (χ0n) is 6.59. The Morgan fingerprint density at radius 3 is 2.60 bits per heavy atom. The van der Waals surface area contributed by atoms with Crippen LogP contribution >= 0.6 is 0 Å². The van der Waals surface area contributed by atoms with Crippen LogP contribution in [0.2, 0.25) is 0 Å². The van der Waals surface area contributed by atoms with E-state index < -0.39 is 0 Å². The number of hydrogen-bond acceptors (Lipinski definition) is 2. The first-order chi connectivity index (χ1) is 4.74. The van der Waals surface area contributed by atoms with Crippen molar-refractivity contribution in [3.63, 3.8) is 0 Å². The fourth-order valence-electron chi connectivity index (χ4n) is 1.41. The Labute approximate surface area is 62.4 Å². The van der Waals surface area contributed by atoms with E-state index in [2.05, 4.69) is 6.92 Å². The Kier molecular flexibility index (Phi) is 2.69. The third-order valence-electron chi connectivity index (χ3n) is 2.34. The average molecular weight is 143 g/mol. The Morgan fingerprint density at radius 1 is 1.60 bits per heavy atom. The summed E-state index contributed by atoms with van der Waals surface area (Å²) in [7, 11) is 0. The quantitative estimate of drug-likeness (QED) is 0.609. The molecule has 0 aliphatic heterocycles. The van der Waals surface area contributed by atoms with E-state index in [9.17, 15) is 0 Å². The van der Waals surface area contributed by atoms with Crippen LogP contribution < -0.4 is 5.73 Å². The van der Waals surface area contributed by atoms with E-state index in [1.165, 1.54) is 12.8 Å². The molecular weight excluding hydrogens is 126 g/mol. The highest BCUT2D eigenvalue weighted by Crippen LogP contribution is 2.38. The molecular formula is C8H17NO. The zero-order valence-corrected chi connectivity index (χ0v) is 6.59. The lowest BCUT2D eigenvalue weighted by Gasteiger charge is -2.13. The van der Waals surface area contributed by atoms with Gasteiger partial charge in [0.05, 0.1) is 6.61 Å². The molecule has 0 aromatic heterocycles. The van der Waals surface area contributed by atoms with E-state index in [1.807, 2.05) is 0 Å². The van der Waals surface area contributed by atoms with E-state index in [-0.39, 0.29) is 12.6 Å². The molecule has 0 saturated heterocycles. The standard InChI is InChI=1S/C8H17NO/c1-6(7-2-3-7)4-8(9)5-10/h6-8,10H,2-5,9H2,1H3. The number of hydrogen-bond donors (Lipinski definition) is 2. The second kappa shape index (κ2) is 3.35. The van der Waals surface area contributed by atoms with Gasteiger partial charge in [0.15, 0.2) is 0 Å². The molecule has 60 valence electrons. The summed E-state index contributed by atoms with van der Waals surface area (Å²) in [4.78, 5) is 0. The largest absolute Gasteiger partial charge is 0.395 e. The first-order valence-electron chi connectivity index (χ1n) is 4.10. The summed E-state index contributed by atoms with van der Waals surface area (Å²) >= 11 is 0. The van der Waals surface area contributed by atoms with Crippen molar-refractivity contribution in [1.29, 1.82) is 0 Å². The molecule has 1 saturated carbocycles. The van der Waals surface area contributed by atoms with Gasteiger partial charge in [0.25, 0.3) is 0 Å². The Morgan fingerprint density at radius 2 is 2.20 bits per heavy atom. The molecule has 0 aromatic carbocycles. The van der Waals surface area contributed by atoms with E-state index in [0.29, 0.717) is 0 Å². The molecule has 0 bridgehead atoms. The third-order valence-corrected chi connectivity index (χ3v) is 2.34. The Hall–Kier alpha value is -0.0800. The smallest absolute Gasteiger partial charge is 0.0582 e. The van der Waals surface area contributed by atoms with Crippen molar-refractivity contribution in [3.8, 4) is 0 Å². The van der Waals surface area contributed by atoms with Gasteiger partial charge in [-0.3, -0.25) is 0 Å². The fraction of sp³-hybridized carbons (Fsp3) is 1.00. The molecule has 2 nitrogen and oxygen atoms in total. The Balaban J connectivity index is 2.10. The minimum Gasteiger partial charge on any atom is -0.395 e. The molecule has 2 atom stereocenters.